The number of nitrogens with one attached hydrogen (secondary N) is 2. The Morgan fingerprint density at radius 3 is 2.62 bits per heavy atom. The number of benzene rings is 2. The zero-order valence-electron chi connectivity index (χ0n) is 14.0. The van der Waals surface area contributed by atoms with Crippen molar-refractivity contribution in [2.45, 2.75) is 13.3 Å². The fraction of sp³-hybridized carbons (Fsp3) is 0.105. The Morgan fingerprint density at radius 1 is 1.12 bits per heavy atom. The van der Waals surface area contributed by atoms with Gasteiger partial charge in [-0.1, -0.05) is 52.3 Å². The highest BCUT2D eigenvalue weighted by molar-refractivity contribution is 9.10. The van der Waals surface area contributed by atoms with Gasteiger partial charge in [-0.15, -0.1) is 11.3 Å². The van der Waals surface area contributed by atoms with E-state index in [4.69, 9.17) is 0 Å². The first-order valence-corrected chi connectivity index (χ1v) is 9.55. The van der Waals surface area contributed by atoms with Crippen LogP contribution < -0.4 is 10.6 Å². The monoisotopic (exact) mass is 429 g/mol. The third-order valence-corrected chi connectivity index (χ3v) is 5.23. The molecule has 132 valence electrons. The lowest BCUT2D eigenvalue weighted by Gasteiger charge is -2.05. The number of halogens is 1. The third kappa shape index (κ3) is 4.77. The average molecular weight is 430 g/mol. The zero-order chi connectivity index (χ0) is 18.5. The fourth-order valence-corrected chi connectivity index (χ4v) is 3.33. The summed E-state index contributed by atoms with van der Waals surface area (Å²) in [5.41, 5.74) is 2.95. The van der Waals surface area contributed by atoms with E-state index in [-0.39, 0.29) is 23.9 Å². The molecule has 2 amide bonds. The zero-order valence-corrected chi connectivity index (χ0v) is 16.4. The number of rotatable bonds is 5. The van der Waals surface area contributed by atoms with Gasteiger partial charge in [-0.2, -0.15) is 0 Å². The molecule has 26 heavy (non-hydrogen) atoms. The van der Waals surface area contributed by atoms with Gasteiger partial charge in [-0.3, -0.25) is 9.59 Å². The first-order valence-electron chi connectivity index (χ1n) is 7.88. The smallest absolute Gasteiger partial charge is 0.275 e. The molecule has 1 heterocycles. The second-order valence-electron chi connectivity index (χ2n) is 5.67. The van der Waals surface area contributed by atoms with Crippen molar-refractivity contribution < 1.29 is 9.59 Å². The molecule has 0 bridgehead atoms. The molecule has 2 N–H and O–H groups in total. The quantitative estimate of drug-likeness (QED) is 0.619. The van der Waals surface area contributed by atoms with E-state index < -0.39 is 0 Å². The fourth-order valence-electron chi connectivity index (χ4n) is 2.25. The molecule has 0 atom stereocenters. The highest BCUT2D eigenvalue weighted by Crippen LogP contribution is 2.22. The molecular formula is C19H16BrN3O2S. The summed E-state index contributed by atoms with van der Waals surface area (Å²) in [4.78, 5) is 28.6. The van der Waals surface area contributed by atoms with Crippen LogP contribution in [0.25, 0.3) is 0 Å². The third-order valence-electron chi connectivity index (χ3n) is 3.62. The normalized spacial score (nSPS) is 10.4. The lowest BCUT2D eigenvalue weighted by atomic mass is 10.1. The number of amides is 2. The predicted molar refractivity (Wildman–Crippen MR) is 108 cm³/mol. The maximum absolute atomic E-state index is 12.3. The van der Waals surface area contributed by atoms with Gasteiger partial charge < -0.3 is 10.6 Å². The van der Waals surface area contributed by atoms with Gasteiger partial charge in [-0.05, 0) is 30.2 Å². The Labute approximate surface area is 163 Å². The van der Waals surface area contributed by atoms with Crippen LogP contribution in [0.2, 0.25) is 0 Å². The summed E-state index contributed by atoms with van der Waals surface area (Å²) in [5, 5.41) is 7.55. The minimum absolute atomic E-state index is 0.167. The summed E-state index contributed by atoms with van der Waals surface area (Å²) in [6.45, 7) is 1.97. The number of aromatic nitrogens is 1. The topological polar surface area (TPSA) is 71.1 Å². The van der Waals surface area contributed by atoms with Crippen LogP contribution in [0.1, 0.15) is 21.6 Å². The molecule has 0 spiro atoms. The van der Waals surface area contributed by atoms with Crippen molar-refractivity contribution in [3.63, 3.8) is 0 Å². The molecule has 0 saturated carbocycles. The molecule has 0 saturated heterocycles. The molecule has 0 aliphatic carbocycles. The van der Waals surface area contributed by atoms with Crippen LogP contribution in [0.4, 0.5) is 10.8 Å². The highest BCUT2D eigenvalue weighted by atomic mass is 79.9. The number of carbonyl (C=O) groups is 2. The van der Waals surface area contributed by atoms with Gasteiger partial charge in [0.2, 0.25) is 5.91 Å². The molecule has 1 aromatic heterocycles. The maximum atomic E-state index is 12.3. The van der Waals surface area contributed by atoms with E-state index in [2.05, 4.69) is 31.5 Å². The number of aryl methyl sites for hydroxylation is 1. The van der Waals surface area contributed by atoms with Crippen LogP contribution in [-0.2, 0) is 11.2 Å². The van der Waals surface area contributed by atoms with Crippen LogP contribution in [0, 0.1) is 6.92 Å². The SMILES string of the molecule is Cc1ccc(NC(=O)c2csc(NC(=O)Cc3ccccc3)n2)cc1Br. The van der Waals surface area contributed by atoms with Gasteiger partial charge >= 0.3 is 0 Å². The van der Waals surface area contributed by atoms with Crippen molar-refractivity contribution in [3.8, 4) is 0 Å². The van der Waals surface area contributed by atoms with Gasteiger partial charge in [0.25, 0.3) is 5.91 Å². The molecule has 3 aromatic rings. The van der Waals surface area contributed by atoms with Crippen molar-refractivity contribution in [1.82, 2.24) is 4.98 Å². The number of nitrogens with zero attached hydrogens (tertiary/aromatic N) is 1. The van der Waals surface area contributed by atoms with E-state index in [0.717, 1.165) is 15.6 Å². The van der Waals surface area contributed by atoms with Crippen molar-refractivity contribution in [2.75, 3.05) is 10.6 Å². The first kappa shape index (κ1) is 18.3. The lowest BCUT2D eigenvalue weighted by Crippen LogP contribution is -2.15. The second-order valence-corrected chi connectivity index (χ2v) is 7.38. The number of anilines is 2. The van der Waals surface area contributed by atoms with Crippen molar-refractivity contribution in [2.24, 2.45) is 0 Å². The van der Waals surface area contributed by atoms with Crippen LogP contribution in [0.15, 0.2) is 58.4 Å². The summed E-state index contributed by atoms with van der Waals surface area (Å²) in [6.07, 6.45) is 0.263. The second kappa shape index (κ2) is 8.25. The standard InChI is InChI=1S/C19H16BrN3O2S/c1-12-7-8-14(10-15(12)20)21-18(25)16-11-26-19(22-16)23-17(24)9-13-5-3-2-4-6-13/h2-8,10-11H,9H2,1H3,(H,21,25)(H,22,23,24). The summed E-state index contributed by atoms with van der Waals surface area (Å²) < 4.78 is 0.919. The minimum Gasteiger partial charge on any atom is -0.321 e. The van der Waals surface area contributed by atoms with Crippen molar-refractivity contribution in [1.29, 1.82) is 0 Å². The molecule has 0 unspecified atom stereocenters. The molecule has 0 aliphatic rings. The summed E-state index contributed by atoms with van der Waals surface area (Å²) in [5.74, 6) is -0.486. The molecule has 0 radical (unpaired) electrons. The molecular weight excluding hydrogens is 414 g/mol. The summed E-state index contributed by atoms with van der Waals surface area (Å²) in [6, 6.07) is 15.0. The van der Waals surface area contributed by atoms with Crippen LogP contribution >= 0.6 is 27.3 Å². The van der Waals surface area contributed by atoms with E-state index >= 15 is 0 Å². The van der Waals surface area contributed by atoms with E-state index in [1.165, 1.54) is 11.3 Å². The number of hydrogen-bond acceptors (Lipinski definition) is 4. The van der Waals surface area contributed by atoms with Gasteiger partial charge in [0, 0.05) is 15.5 Å². The Morgan fingerprint density at radius 2 is 1.88 bits per heavy atom. The molecule has 5 nitrogen and oxygen atoms in total. The Hall–Kier alpha value is -2.51. The van der Waals surface area contributed by atoms with Crippen molar-refractivity contribution >= 4 is 49.9 Å². The Bertz CT molecular complexity index is 941. The Balaban J connectivity index is 1.60. The highest BCUT2D eigenvalue weighted by Gasteiger charge is 2.13. The molecule has 3 rings (SSSR count). The average Bonchev–Trinajstić information content (AvgIpc) is 3.07. The van der Waals surface area contributed by atoms with E-state index in [9.17, 15) is 9.59 Å². The first-order chi connectivity index (χ1) is 12.5. The number of thiazole rings is 1. The van der Waals surface area contributed by atoms with E-state index in [0.29, 0.717) is 10.8 Å². The number of hydrogen-bond donors (Lipinski definition) is 2. The largest absolute Gasteiger partial charge is 0.321 e. The van der Waals surface area contributed by atoms with Gasteiger partial charge in [0.05, 0.1) is 6.42 Å². The molecule has 0 fully saturated rings. The lowest BCUT2D eigenvalue weighted by molar-refractivity contribution is -0.115. The van der Waals surface area contributed by atoms with Gasteiger partial charge in [-0.25, -0.2) is 4.98 Å². The van der Waals surface area contributed by atoms with Crippen molar-refractivity contribution in [3.05, 3.63) is 75.2 Å². The molecule has 0 aliphatic heterocycles. The summed E-state index contributed by atoms with van der Waals surface area (Å²) >= 11 is 4.66. The predicted octanol–water partition coefficient (Wildman–Crippen LogP) is 4.65. The van der Waals surface area contributed by atoms with E-state index in [1.807, 2.05) is 55.5 Å². The minimum atomic E-state index is -0.319. The summed E-state index contributed by atoms with van der Waals surface area (Å²) in [7, 11) is 0. The van der Waals surface area contributed by atoms with Gasteiger partial charge in [0.1, 0.15) is 5.69 Å². The molecule has 2 aromatic carbocycles. The van der Waals surface area contributed by atoms with Gasteiger partial charge in [0.15, 0.2) is 5.13 Å². The molecule has 7 heteroatoms. The van der Waals surface area contributed by atoms with Crippen LogP contribution in [0.5, 0.6) is 0 Å². The maximum Gasteiger partial charge on any atom is 0.275 e. The number of carbonyl (C=O) groups excluding carboxylic acids is 2. The van der Waals surface area contributed by atoms with Crippen LogP contribution in [-0.4, -0.2) is 16.8 Å². The van der Waals surface area contributed by atoms with E-state index in [1.54, 1.807) is 5.38 Å². The Kier molecular flexibility index (Phi) is 5.80. The van der Waals surface area contributed by atoms with Crippen LogP contribution in [0.3, 0.4) is 0 Å².